The van der Waals surface area contributed by atoms with Crippen molar-refractivity contribution in [1.29, 1.82) is 0 Å². The summed E-state index contributed by atoms with van der Waals surface area (Å²) in [5.41, 5.74) is 7.96. The van der Waals surface area contributed by atoms with Crippen molar-refractivity contribution in [2.75, 3.05) is 4.90 Å². The molecule has 1 heterocycles. The van der Waals surface area contributed by atoms with Gasteiger partial charge >= 0.3 is 6.09 Å². The third kappa shape index (κ3) is 5.81. The quantitative estimate of drug-likeness (QED) is 0.766. The minimum absolute atomic E-state index is 0.102. The zero-order chi connectivity index (χ0) is 22.8. The van der Waals surface area contributed by atoms with Crippen molar-refractivity contribution in [1.82, 2.24) is 5.32 Å². The van der Waals surface area contributed by atoms with Crippen molar-refractivity contribution in [2.45, 2.75) is 51.8 Å². The number of fused-ring (bicyclic) bond motifs is 1. The Morgan fingerprint density at radius 3 is 2.45 bits per heavy atom. The molecule has 31 heavy (non-hydrogen) atoms. The van der Waals surface area contributed by atoms with Crippen molar-refractivity contribution in [3.8, 4) is 0 Å². The molecule has 0 saturated carbocycles. The molecule has 0 aromatic heterocycles. The summed E-state index contributed by atoms with van der Waals surface area (Å²) in [7, 11) is 0. The largest absolute Gasteiger partial charge is 0.444 e. The maximum atomic E-state index is 13.2. The molecule has 2 aromatic carbocycles. The molecule has 1 atom stereocenters. The zero-order valence-corrected chi connectivity index (χ0v) is 17.8. The van der Waals surface area contributed by atoms with Gasteiger partial charge in [-0.2, -0.15) is 0 Å². The number of primary amides is 1. The molecule has 164 valence electrons. The zero-order valence-electron chi connectivity index (χ0n) is 17.8. The highest BCUT2D eigenvalue weighted by atomic mass is 19.1. The van der Waals surface area contributed by atoms with Crippen molar-refractivity contribution >= 4 is 23.6 Å². The summed E-state index contributed by atoms with van der Waals surface area (Å²) in [6.07, 6.45) is -0.363. The van der Waals surface area contributed by atoms with Gasteiger partial charge in [-0.05, 0) is 61.7 Å². The number of ether oxygens (including phenoxy) is 1. The summed E-state index contributed by atoms with van der Waals surface area (Å²) in [5.74, 6) is -1.14. The van der Waals surface area contributed by atoms with Gasteiger partial charge < -0.3 is 20.7 Å². The number of alkyl carbamates (subject to hydrolysis) is 1. The number of carbonyl (C=O) groups is 3. The van der Waals surface area contributed by atoms with E-state index in [9.17, 15) is 18.8 Å². The first-order valence-corrected chi connectivity index (χ1v) is 9.97. The van der Waals surface area contributed by atoms with E-state index in [0.717, 1.165) is 16.7 Å². The number of hydrogen-bond acceptors (Lipinski definition) is 4. The van der Waals surface area contributed by atoms with Crippen LogP contribution in [0.4, 0.5) is 14.9 Å². The van der Waals surface area contributed by atoms with Gasteiger partial charge in [-0.3, -0.25) is 9.59 Å². The Hall–Kier alpha value is -3.42. The first kappa shape index (κ1) is 22.3. The fourth-order valence-electron chi connectivity index (χ4n) is 3.41. The van der Waals surface area contributed by atoms with Crippen LogP contribution in [-0.2, 0) is 33.7 Å². The number of carbonyl (C=O) groups excluding carboxylic acids is 3. The summed E-state index contributed by atoms with van der Waals surface area (Å²) in [6.45, 7) is 5.54. The molecule has 3 rings (SSSR count). The van der Waals surface area contributed by atoms with E-state index in [2.05, 4.69) is 5.32 Å². The van der Waals surface area contributed by atoms with E-state index in [1.54, 1.807) is 37.8 Å². The highest BCUT2D eigenvalue weighted by Gasteiger charge is 2.26. The van der Waals surface area contributed by atoms with E-state index in [-0.39, 0.29) is 24.6 Å². The summed E-state index contributed by atoms with van der Waals surface area (Å²) >= 11 is 0. The average Bonchev–Trinajstić information content (AvgIpc) is 2.66. The highest BCUT2D eigenvalue weighted by molar-refractivity contribution is 5.96. The van der Waals surface area contributed by atoms with E-state index < -0.39 is 23.6 Å². The fourth-order valence-corrected chi connectivity index (χ4v) is 3.41. The van der Waals surface area contributed by atoms with Gasteiger partial charge in [0.05, 0.1) is 13.0 Å². The molecule has 2 aromatic rings. The lowest BCUT2D eigenvalue weighted by atomic mass is 9.94. The molecular formula is C23H26FN3O4. The van der Waals surface area contributed by atoms with Gasteiger partial charge in [-0.25, -0.2) is 9.18 Å². The van der Waals surface area contributed by atoms with Crippen molar-refractivity contribution in [3.05, 3.63) is 65.0 Å². The van der Waals surface area contributed by atoms with Gasteiger partial charge in [0, 0.05) is 12.1 Å². The number of nitrogens with zero attached hydrogens (tertiary/aromatic N) is 1. The van der Waals surface area contributed by atoms with Crippen LogP contribution in [0.2, 0.25) is 0 Å². The highest BCUT2D eigenvalue weighted by Crippen LogP contribution is 2.26. The van der Waals surface area contributed by atoms with E-state index in [4.69, 9.17) is 10.5 Å². The van der Waals surface area contributed by atoms with Gasteiger partial charge in [0.25, 0.3) is 0 Å². The smallest absolute Gasteiger partial charge is 0.408 e. The normalized spacial score (nSPS) is 14.6. The fraction of sp³-hybridized carbons (Fsp3) is 0.348. The minimum Gasteiger partial charge on any atom is -0.444 e. The van der Waals surface area contributed by atoms with Gasteiger partial charge in [0.1, 0.15) is 17.5 Å². The van der Waals surface area contributed by atoms with Crippen LogP contribution in [0.15, 0.2) is 42.5 Å². The monoisotopic (exact) mass is 427 g/mol. The van der Waals surface area contributed by atoms with Crippen LogP contribution in [0.25, 0.3) is 0 Å². The SMILES string of the molecule is CC(C)(C)OC(=O)N[C@@H](Cc1ccc2c(c1)CC(=O)N(c1ccc(F)cc1)C2)C(N)=O. The van der Waals surface area contributed by atoms with Crippen LogP contribution >= 0.6 is 0 Å². The number of hydrogen-bond donors (Lipinski definition) is 2. The van der Waals surface area contributed by atoms with E-state index in [0.29, 0.717) is 12.2 Å². The first-order valence-electron chi connectivity index (χ1n) is 9.97. The van der Waals surface area contributed by atoms with E-state index >= 15 is 0 Å². The third-order valence-electron chi connectivity index (χ3n) is 4.85. The van der Waals surface area contributed by atoms with Crippen LogP contribution in [0.1, 0.15) is 37.5 Å². The van der Waals surface area contributed by atoms with Crippen LogP contribution in [0.5, 0.6) is 0 Å². The van der Waals surface area contributed by atoms with Gasteiger partial charge in [0.2, 0.25) is 11.8 Å². The topological polar surface area (TPSA) is 102 Å². The molecule has 0 spiro atoms. The van der Waals surface area contributed by atoms with Gasteiger partial charge in [-0.1, -0.05) is 18.2 Å². The lowest BCUT2D eigenvalue weighted by molar-refractivity contribution is -0.120. The standard InChI is InChI=1S/C23H26FN3O4/c1-23(2,3)31-22(30)26-19(21(25)29)11-14-4-5-15-13-27(20(28)12-16(15)10-14)18-8-6-17(24)7-9-18/h4-10,19H,11-13H2,1-3H3,(H2,25,29)(H,26,30)/t19-/m0/s1. The lowest BCUT2D eigenvalue weighted by Crippen LogP contribution is -2.47. The molecule has 0 fully saturated rings. The lowest BCUT2D eigenvalue weighted by Gasteiger charge is -2.29. The second kappa shape index (κ2) is 8.75. The number of nitrogens with one attached hydrogen (secondary N) is 1. The Balaban J connectivity index is 1.73. The van der Waals surface area contributed by atoms with Crippen LogP contribution < -0.4 is 16.0 Å². The molecule has 0 unspecified atom stereocenters. The molecular weight excluding hydrogens is 401 g/mol. The van der Waals surface area contributed by atoms with Crippen molar-refractivity contribution < 1.29 is 23.5 Å². The predicted molar refractivity (Wildman–Crippen MR) is 114 cm³/mol. The Kier molecular flexibility index (Phi) is 6.29. The second-order valence-corrected chi connectivity index (χ2v) is 8.54. The number of amides is 3. The summed E-state index contributed by atoms with van der Waals surface area (Å²) in [6, 6.07) is 10.4. The molecule has 8 heteroatoms. The Morgan fingerprint density at radius 1 is 1.16 bits per heavy atom. The first-order chi connectivity index (χ1) is 14.5. The molecule has 0 aliphatic carbocycles. The number of benzene rings is 2. The Bertz CT molecular complexity index is 999. The van der Waals surface area contributed by atoms with Crippen molar-refractivity contribution in [3.63, 3.8) is 0 Å². The summed E-state index contributed by atoms with van der Waals surface area (Å²) in [5, 5.41) is 2.50. The predicted octanol–water partition coefficient (Wildman–Crippen LogP) is 2.84. The number of rotatable bonds is 5. The van der Waals surface area contributed by atoms with Crippen LogP contribution in [0.3, 0.4) is 0 Å². The Morgan fingerprint density at radius 2 is 1.84 bits per heavy atom. The summed E-state index contributed by atoms with van der Waals surface area (Å²) in [4.78, 5) is 38.1. The second-order valence-electron chi connectivity index (χ2n) is 8.54. The molecule has 7 nitrogen and oxygen atoms in total. The molecule has 0 radical (unpaired) electrons. The molecule has 3 N–H and O–H groups in total. The molecule has 0 saturated heterocycles. The third-order valence-corrected chi connectivity index (χ3v) is 4.85. The summed E-state index contributed by atoms with van der Waals surface area (Å²) < 4.78 is 18.4. The molecule has 1 aliphatic rings. The van der Waals surface area contributed by atoms with E-state index in [1.807, 2.05) is 18.2 Å². The maximum Gasteiger partial charge on any atom is 0.408 e. The molecule has 1 aliphatic heterocycles. The molecule has 0 bridgehead atoms. The van der Waals surface area contributed by atoms with Crippen LogP contribution in [0, 0.1) is 5.82 Å². The minimum atomic E-state index is -0.942. The molecule has 3 amide bonds. The van der Waals surface area contributed by atoms with Crippen molar-refractivity contribution in [2.24, 2.45) is 5.73 Å². The van der Waals surface area contributed by atoms with Crippen LogP contribution in [-0.4, -0.2) is 29.6 Å². The number of anilines is 1. The Labute approximate surface area is 180 Å². The maximum absolute atomic E-state index is 13.2. The van der Waals surface area contributed by atoms with Gasteiger partial charge in [0.15, 0.2) is 0 Å². The van der Waals surface area contributed by atoms with Gasteiger partial charge in [-0.15, -0.1) is 0 Å². The van der Waals surface area contributed by atoms with E-state index in [1.165, 1.54) is 12.1 Å². The number of halogens is 1. The number of nitrogens with two attached hydrogens (primary N) is 1. The average molecular weight is 427 g/mol.